The lowest BCUT2D eigenvalue weighted by Gasteiger charge is -2.11. The Morgan fingerprint density at radius 3 is 2.33 bits per heavy atom. The van der Waals surface area contributed by atoms with Gasteiger partial charge in [0.2, 0.25) is 0 Å². The summed E-state index contributed by atoms with van der Waals surface area (Å²) in [7, 11) is -2.21. The summed E-state index contributed by atoms with van der Waals surface area (Å²) in [5.74, 6) is 0. The molecule has 0 bridgehead atoms. The van der Waals surface area contributed by atoms with Crippen LogP contribution in [0.2, 0.25) is 0 Å². The Bertz CT molecular complexity index is 340. The molecule has 0 unspecified atom stereocenters. The maximum Gasteiger partial charge on any atom is 0.111 e. The van der Waals surface area contributed by atoms with Crippen molar-refractivity contribution in [3.8, 4) is 0 Å². The van der Waals surface area contributed by atoms with Crippen molar-refractivity contribution in [2.75, 3.05) is 19.1 Å². The van der Waals surface area contributed by atoms with Gasteiger partial charge in [-0.05, 0) is 31.9 Å². The van der Waals surface area contributed by atoms with Crippen LogP contribution in [0.1, 0.15) is 5.56 Å². The summed E-state index contributed by atoms with van der Waals surface area (Å²) >= 11 is 0. The molecule has 12 heavy (non-hydrogen) atoms. The fraction of sp³-hybridized carbons (Fsp3) is 0.333. The van der Waals surface area contributed by atoms with E-state index in [-0.39, 0.29) is 0 Å². The molecule has 66 valence electrons. The molecule has 2 nitrogen and oxygen atoms in total. The van der Waals surface area contributed by atoms with Gasteiger partial charge in [0.15, 0.2) is 0 Å². The van der Waals surface area contributed by atoms with E-state index in [9.17, 15) is 4.57 Å². The number of anilines is 1. The molecule has 0 radical (unpaired) electrons. The molecular formula is C9H14NOP. The zero-order chi connectivity index (χ0) is 9.35. The number of hydrogen-bond donors (Lipinski definition) is 1. The Kier molecular flexibility index (Phi) is 2.29. The second-order valence-corrected chi connectivity index (χ2v) is 6.54. The van der Waals surface area contributed by atoms with E-state index in [1.54, 1.807) is 13.3 Å². The van der Waals surface area contributed by atoms with Crippen LogP contribution in [0, 0.1) is 6.92 Å². The third-order valence-electron chi connectivity index (χ3n) is 1.88. The minimum absolute atomic E-state index is 0.672. The van der Waals surface area contributed by atoms with Crippen LogP contribution in [-0.2, 0) is 4.57 Å². The van der Waals surface area contributed by atoms with Gasteiger partial charge in [-0.2, -0.15) is 0 Å². The van der Waals surface area contributed by atoms with E-state index in [2.05, 4.69) is 0 Å². The van der Waals surface area contributed by atoms with E-state index >= 15 is 0 Å². The van der Waals surface area contributed by atoms with E-state index in [0.29, 0.717) is 5.69 Å². The molecule has 0 aliphatic heterocycles. The minimum Gasteiger partial charge on any atom is -0.398 e. The van der Waals surface area contributed by atoms with Gasteiger partial charge in [0.25, 0.3) is 0 Å². The summed E-state index contributed by atoms with van der Waals surface area (Å²) in [5.41, 5.74) is 7.47. The SMILES string of the molecule is Cc1cccc(P(C)(C)=O)c1N. The van der Waals surface area contributed by atoms with Crippen LogP contribution in [0.4, 0.5) is 5.69 Å². The molecule has 0 aromatic heterocycles. The summed E-state index contributed by atoms with van der Waals surface area (Å²) in [5, 5.41) is 0.794. The molecule has 2 N–H and O–H groups in total. The first-order chi connectivity index (χ1) is 5.43. The van der Waals surface area contributed by atoms with Crippen LogP contribution in [0.25, 0.3) is 0 Å². The summed E-state index contributed by atoms with van der Waals surface area (Å²) in [6.07, 6.45) is 0. The zero-order valence-corrected chi connectivity index (χ0v) is 8.56. The monoisotopic (exact) mass is 183 g/mol. The highest BCUT2D eigenvalue weighted by Crippen LogP contribution is 2.37. The van der Waals surface area contributed by atoms with Crippen molar-refractivity contribution in [1.29, 1.82) is 0 Å². The number of hydrogen-bond acceptors (Lipinski definition) is 2. The Morgan fingerprint density at radius 2 is 1.92 bits per heavy atom. The predicted octanol–water partition coefficient (Wildman–Crippen LogP) is 1.83. The molecule has 1 aromatic rings. The van der Waals surface area contributed by atoms with Crippen LogP contribution in [0.15, 0.2) is 18.2 Å². The molecule has 0 aliphatic carbocycles. The van der Waals surface area contributed by atoms with Gasteiger partial charge >= 0.3 is 0 Å². The van der Waals surface area contributed by atoms with Gasteiger partial charge in [0.1, 0.15) is 7.14 Å². The highest BCUT2D eigenvalue weighted by atomic mass is 31.2. The van der Waals surface area contributed by atoms with Crippen LogP contribution >= 0.6 is 7.14 Å². The lowest BCUT2D eigenvalue weighted by Crippen LogP contribution is -2.10. The van der Waals surface area contributed by atoms with Gasteiger partial charge in [-0.25, -0.2) is 0 Å². The molecule has 0 saturated heterocycles. The smallest absolute Gasteiger partial charge is 0.111 e. The highest BCUT2D eigenvalue weighted by molar-refractivity contribution is 7.70. The van der Waals surface area contributed by atoms with Gasteiger partial charge in [-0.1, -0.05) is 12.1 Å². The van der Waals surface area contributed by atoms with Gasteiger partial charge in [-0.15, -0.1) is 0 Å². The molecule has 0 spiro atoms. The first kappa shape index (κ1) is 9.34. The number of para-hydroxylation sites is 1. The van der Waals surface area contributed by atoms with Gasteiger partial charge in [0.05, 0.1) is 0 Å². The minimum atomic E-state index is -2.21. The highest BCUT2D eigenvalue weighted by Gasteiger charge is 2.14. The third kappa shape index (κ3) is 1.70. The fourth-order valence-electron chi connectivity index (χ4n) is 1.13. The van der Waals surface area contributed by atoms with Crippen molar-refractivity contribution in [3.05, 3.63) is 23.8 Å². The summed E-state index contributed by atoms with van der Waals surface area (Å²) in [6, 6.07) is 5.65. The molecule has 1 rings (SSSR count). The van der Waals surface area contributed by atoms with E-state index in [4.69, 9.17) is 5.73 Å². The van der Waals surface area contributed by atoms with Crippen molar-refractivity contribution in [3.63, 3.8) is 0 Å². The standard InChI is InChI=1S/C9H14NOP/c1-7-5-4-6-8(9(7)10)12(2,3)11/h4-6H,10H2,1-3H3. The number of rotatable bonds is 1. The number of benzene rings is 1. The van der Waals surface area contributed by atoms with Crippen molar-refractivity contribution in [2.45, 2.75) is 6.92 Å². The summed E-state index contributed by atoms with van der Waals surface area (Å²) < 4.78 is 11.7. The lowest BCUT2D eigenvalue weighted by molar-refractivity contribution is 0.588. The van der Waals surface area contributed by atoms with Crippen LogP contribution < -0.4 is 11.0 Å². The fourth-order valence-corrected chi connectivity index (χ4v) is 2.34. The average molecular weight is 183 g/mol. The topological polar surface area (TPSA) is 43.1 Å². The maximum absolute atomic E-state index is 11.7. The summed E-state index contributed by atoms with van der Waals surface area (Å²) in [6.45, 7) is 5.39. The van der Waals surface area contributed by atoms with Gasteiger partial charge in [-0.3, -0.25) is 0 Å². The van der Waals surface area contributed by atoms with E-state index in [0.717, 1.165) is 10.9 Å². The molecule has 1 aromatic carbocycles. The second-order valence-electron chi connectivity index (χ2n) is 3.36. The normalized spacial score (nSPS) is 11.6. The molecular weight excluding hydrogens is 169 g/mol. The molecule has 0 fully saturated rings. The summed E-state index contributed by atoms with van der Waals surface area (Å²) in [4.78, 5) is 0. The van der Waals surface area contributed by atoms with Crippen molar-refractivity contribution in [2.24, 2.45) is 0 Å². The number of nitrogens with two attached hydrogens (primary N) is 1. The Hall–Kier alpha value is -0.750. The van der Waals surface area contributed by atoms with Crippen LogP contribution in [0.5, 0.6) is 0 Å². The zero-order valence-electron chi connectivity index (χ0n) is 7.66. The quantitative estimate of drug-likeness (QED) is 0.533. The molecule has 3 heteroatoms. The van der Waals surface area contributed by atoms with Crippen LogP contribution in [0.3, 0.4) is 0 Å². The molecule has 0 heterocycles. The maximum atomic E-state index is 11.7. The van der Waals surface area contributed by atoms with Crippen LogP contribution in [-0.4, -0.2) is 13.3 Å². The number of aryl methyl sites for hydroxylation is 1. The Balaban J connectivity index is 3.36. The van der Waals surface area contributed by atoms with Crippen molar-refractivity contribution >= 4 is 18.1 Å². The van der Waals surface area contributed by atoms with Crippen molar-refractivity contribution < 1.29 is 4.57 Å². The largest absolute Gasteiger partial charge is 0.398 e. The average Bonchev–Trinajstić information content (AvgIpc) is 1.92. The van der Waals surface area contributed by atoms with E-state index in [1.807, 2.05) is 25.1 Å². The molecule has 0 amide bonds. The Morgan fingerprint density at radius 1 is 1.33 bits per heavy atom. The molecule has 0 aliphatic rings. The number of nitrogen functional groups attached to an aromatic ring is 1. The van der Waals surface area contributed by atoms with E-state index < -0.39 is 7.14 Å². The predicted molar refractivity (Wildman–Crippen MR) is 54.7 cm³/mol. The van der Waals surface area contributed by atoms with Gasteiger partial charge in [0, 0.05) is 11.0 Å². The first-order valence-corrected chi connectivity index (χ1v) is 6.43. The molecule has 0 atom stereocenters. The van der Waals surface area contributed by atoms with Crippen molar-refractivity contribution in [1.82, 2.24) is 0 Å². The third-order valence-corrected chi connectivity index (χ3v) is 3.43. The first-order valence-electron chi connectivity index (χ1n) is 3.83. The molecule has 0 saturated carbocycles. The second kappa shape index (κ2) is 2.95. The van der Waals surface area contributed by atoms with Gasteiger partial charge < -0.3 is 10.3 Å². The lowest BCUT2D eigenvalue weighted by atomic mass is 10.2. The Labute approximate surface area is 73.2 Å². The van der Waals surface area contributed by atoms with E-state index in [1.165, 1.54) is 0 Å².